The predicted octanol–water partition coefficient (Wildman–Crippen LogP) is 2.24. The Kier molecular flexibility index (Phi) is 3.66. The van der Waals surface area contributed by atoms with Crippen molar-refractivity contribution < 1.29 is 4.79 Å². The van der Waals surface area contributed by atoms with Gasteiger partial charge in [0, 0.05) is 18.1 Å². The Bertz CT molecular complexity index is 446. The highest BCUT2D eigenvalue weighted by Crippen LogP contribution is 2.31. The number of hydrogen-bond acceptors (Lipinski definition) is 3. The summed E-state index contributed by atoms with van der Waals surface area (Å²) in [4.78, 5) is 16.3. The highest BCUT2D eigenvalue weighted by molar-refractivity contribution is 5.98. The number of nitrogens with one attached hydrogen (secondary N) is 1. The van der Waals surface area contributed by atoms with Crippen molar-refractivity contribution >= 4 is 11.6 Å². The molecule has 4 nitrogen and oxygen atoms in total. The van der Waals surface area contributed by atoms with Crippen LogP contribution in [0.15, 0.2) is 18.5 Å². The summed E-state index contributed by atoms with van der Waals surface area (Å²) < 4.78 is 0. The van der Waals surface area contributed by atoms with Crippen molar-refractivity contribution in [3.63, 3.8) is 0 Å². The molecular weight excluding hydrogens is 226 g/mol. The maximum absolute atomic E-state index is 12.3. The van der Waals surface area contributed by atoms with Crippen molar-refractivity contribution in [1.82, 2.24) is 4.98 Å². The highest BCUT2D eigenvalue weighted by atomic mass is 16.2. The zero-order chi connectivity index (χ0) is 13.2. The third-order valence-electron chi connectivity index (χ3n) is 3.75. The highest BCUT2D eigenvalue weighted by Gasteiger charge is 2.38. The normalized spacial score (nSPS) is 27.8. The smallest absolute Gasteiger partial charge is 0.244 e. The minimum Gasteiger partial charge on any atom is -0.324 e. The van der Waals surface area contributed by atoms with Crippen LogP contribution in [0.25, 0.3) is 0 Å². The zero-order valence-corrected chi connectivity index (χ0v) is 11.1. The van der Waals surface area contributed by atoms with Gasteiger partial charge in [0.15, 0.2) is 0 Å². The van der Waals surface area contributed by atoms with E-state index in [2.05, 4.69) is 17.2 Å². The Morgan fingerprint density at radius 2 is 2.39 bits per heavy atom. The van der Waals surface area contributed by atoms with E-state index in [0.29, 0.717) is 5.92 Å². The van der Waals surface area contributed by atoms with Crippen molar-refractivity contribution in [3.05, 3.63) is 24.0 Å². The number of carbonyl (C=O) groups is 1. The molecule has 1 amide bonds. The molecule has 2 rings (SSSR count). The Morgan fingerprint density at radius 1 is 1.61 bits per heavy atom. The van der Waals surface area contributed by atoms with Gasteiger partial charge >= 0.3 is 0 Å². The number of aromatic nitrogens is 1. The van der Waals surface area contributed by atoms with E-state index in [9.17, 15) is 4.79 Å². The monoisotopic (exact) mass is 247 g/mol. The third kappa shape index (κ3) is 2.70. The lowest BCUT2D eigenvalue weighted by Gasteiger charge is -2.35. The standard InChI is InChI=1S/C14H21N3O/c1-10-4-3-6-14(15,8-10)13(18)17-12-5-7-16-9-11(12)2/h5,7,9-10H,3-4,6,8,15H2,1-2H3,(H,16,17,18). The van der Waals surface area contributed by atoms with E-state index in [0.717, 1.165) is 30.5 Å². The van der Waals surface area contributed by atoms with Crippen LogP contribution < -0.4 is 11.1 Å². The number of nitrogens with two attached hydrogens (primary N) is 1. The van der Waals surface area contributed by atoms with Crippen molar-refractivity contribution in [2.24, 2.45) is 11.7 Å². The molecule has 1 saturated carbocycles. The molecule has 0 radical (unpaired) electrons. The average Bonchev–Trinajstić information content (AvgIpc) is 2.31. The molecule has 1 aliphatic carbocycles. The molecular formula is C14H21N3O. The van der Waals surface area contributed by atoms with Gasteiger partial charge in [0.2, 0.25) is 5.91 Å². The molecule has 98 valence electrons. The Balaban J connectivity index is 2.10. The van der Waals surface area contributed by atoms with Gasteiger partial charge < -0.3 is 11.1 Å². The number of rotatable bonds is 2. The summed E-state index contributed by atoms with van der Waals surface area (Å²) in [6.45, 7) is 4.08. The van der Waals surface area contributed by atoms with Crippen LogP contribution >= 0.6 is 0 Å². The maximum atomic E-state index is 12.3. The Morgan fingerprint density at radius 3 is 3.06 bits per heavy atom. The molecule has 1 aliphatic rings. The molecule has 18 heavy (non-hydrogen) atoms. The molecule has 2 unspecified atom stereocenters. The van der Waals surface area contributed by atoms with Crippen molar-refractivity contribution in [3.8, 4) is 0 Å². The lowest BCUT2D eigenvalue weighted by Crippen LogP contribution is -2.53. The minimum atomic E-state index is -0.715. The molecule has 1 aromatic heterocycles. The van der Waals surface area contributed by atoms with E-state index in [-0.39, 0.29) is 5.91 Å². The second kappa shape index (κ2) is 5.06. The lowest BCUT2D eigenvalue weighted by atomic mass is 9.76. The number of hydrogen-bond donors (Lipinski definition) is 2. The van der Waals surface area contributed by atoms with Crippen molar-refractivity contribution in [2.75, 3.05) is 5.32 Å². The molecule has 1 aromatic rings. The molecule has 0 saturated heterocycles. The molecule has 0 aliphatic heterocycles. The fourth-order valence-corrected chi connectivity index (χ4v) is 2.66. The Hall–Kier alpha value is -1.42. The van der Waals surface area contributed by atoms with Gasteiger partial charge in [0.25, 0.3) is 0 Å². The van der Waals surface area contributed by atoms with Gasteiger partial charge in [-0.25, -0.2) is 0 Å². The van der Waals surface area contributed by atoms with Crippen LogP contribution in [0.1, 0.15) is 38.2 Å². The van der Waals surface area contributed by atoms with Crippen LogP contribution in [0.2, 0.25) is 0 Å². The van der Waals surface area contributed by atoms with Gasteiger partial charge in [-0.3, -0.25) is 9.78 Å². The maximum Gasteiger partial charge on any atom is 0.244 e. The number of anilines is 1. The quantitative estimate of drug-likeness (QED) is 0.842. The number of amides is 1. The molecule has 4 heteroatoms. The molecule has 0 bridgehead atoms. The van der Waals surface area contributed by atoms with Gasteiger partial charge in [-0.1, -0.05) is 19.8 Å². The minimum absolute atomic E-state index is 0.0663. The summed E-state index contributed by atoms with van der Waals surface area (Å²) >= 11 is 0. The summed E-state index contributed by atoms with van der Waals surface area (Å²) in [5, 5.41) is 2.94. The van der Waals surface area contributed by atoms with Crippen LogP contribution in [0.4, 0.5) is 5.69 Å². The van der Waals surface area contributed by atoms with Crippen LogP contribution in [0.5, 0.6) is 0 Å². The molecule has 1 fully saturated rings. The lowest BCUT2D eigenvalue weighted by molar-refractivity contribution is -0.122. The first-order chi connectivity index (χ1) is 8.51. The molecule has 0 aromatic carbocycles. The molecule has 1 heterocycles. The molecule has 3 N–H and O–H groups in total. The predicted molar refractivity (Wildman–Crippen MR) is 72.2 cm³/mol. The summed E-state index contributed by atoms with van der Waals surface area (Å²) in [5.74, 6) is 0.455. The van der Waals surface area contributed by atoms with Gasteiger partial charge in [-0.2, -0.15) is 0 Å². The van der Waals surface area contributed by atoms with E-state index in [1.807, 2.05) is 13.0 Å². The zero-order valence-electron chi connectivity index (χ0n) is 11.1. The third-order valence-corrected chi connectivity index (χ3v) is 3.75. The second-order valence-electron chi connectivity index (χ2n) is 5.50. The van der Waals surface area contributed by atoms with Gasteiger partial charge in [-0.05, 0) is 37.3 Å². The van der Waals surface area contributed by atoms with Crippen molar-refractivity contribution in [2.45, 2.75) is 45.1 Å². The average molecular weight is 247 g/mol. The van der Waals surface area contributed by atoms with Gasteiger partial charge in [0.05, 0.1) is 5.54 Å². The fraction of sp³-hybridized carbons (Fsp3) is 0.571. The molecule has 2 atom stereocenters. The summed E-state index contributed by atoms with van der Waals surface area (Å²) in [6.07, 6.45) is 7.15. The first-order valence-electron chi connectivity index (χ1n) is 6.52. The largest absolute Gasteiger partial charge is 0.324 e. The number of nitrogens with zero attached hydrogens (tertiary/aromatic N) is 1. The van der Waals surface area contributed by atoms with Crippen LogP contribution in [0.3, 0.4) is 0 Å². The van der Waals surface area contributed by atoms with E-state index < -0.39 is 5.54 Å². The molecule has 0 spiro atoms. The summed E-state index contributed by atoms with van der Waals surface area (Å²) in [6, 6.07) is 1.81. The number of pyridine rings is 1. The van der Waals surface area contributed by atoms with E-state index in [1.165, 1.54) is 6.42 Å². The topological polar surface area (TPSA) is 68.0 Å². The SMILES string of the molecule is Cc1cnccc1NC(=O)C1(N)CCCC(C)C1. The van der Waals surface area contributed by atoms with Gasteiger partial charge in [-0.15, -0.1) is 0 Å². The van der Waals surface area contributed by atoms with Crippen LogP contribution in [-0.2, 0) is 4.79 Å². The van der Waals surface area contributed by atoms with E-state index in [4.69, 9.17) is 5.73 Å². The summed E-state index contributed by atoms with van der Waals surface area (Å²) in [7, 11) is 0. The Labute approximate surface area is 108 Å². The van der Waals surface area contributed by atoms with Crippen LogP contribution in [0, 0.1) is 12.8 Å². The van der Waals surface area contributed by atoms with Crippen LogP contribution in [-0.4, -0.2) is 16.4 Å². The van der Waals surface area contributed by atoms with E-state index in [1.54, 1.807) is 12.4 Å². The first-order valence-corrected chi connectivity index (χ1v) is 6.52. The van der Waals surface area contributed by atoms with Gasteiger partial charge in [0.1, 0.15) is 0 Å². The number of carbonyl (C=O) groups excluding carboxylic acids is 1. The van der Waals surface area contributed by atoms with E-state index >= 15 is 0 Å². The van der Waals surface area contributed by atoms with Crippen molar-refractivity contribution in [1.29, 1.82) is 0 Å². The fourth-order valence-electron chi connectivity index (χ4n) is 2.66. The second-order valence-corrected chi connectivity index (χ2v) is 5.50. The first kappa shape index (κ1) is 13.0. The summed E-state index contributed by atoms with van der Waals surface area (Å²) in [5.41, 5.74) is 7.31. The number of aryl methyl sites for hydroxylation is 1.